The first-order valence-corrected chi connectivity index (χ1v) is 7.17. The van der Waals surface area contributed by atoms with Gasteiger partial charge in [-0.05, 0) is 38.3 Å². The van der Waals surface area contributed by atoms with E-state index in [4.69, 9.17) is 16.0 Å². The molecular weight excluding hydrogens is 284 g/mol. The van der Waals surface area contributed by atoms with Crippen LogP contribution in [0.5, 0.6) is 0 Å². The number of rotatable bonds is 2. The molecule has 3 rings (SSSR count). The van der Waals surface area contributed by atoms with Crippen LogP contribution in [0.15, 0.2) is 40.8 Å². The second kappa shape index (κ2) is 5.05. The number of halogens is 1. The van der Waals surface area contributed by atoms with Crippen molar-refractivity contribution in [1.82, 2.24) is 0 Å². The topological polar surface area (TPSA) is 30.2 Å². The van der Waals surface area contributed by atoms with Gasteiger partial charge in [0.1, 0.15) is 11.5 Å². The fraction of sp³-hybridized carbons (Fsp3) is 0.167. The van der Waals surface area contributed by atoms with Gasteiger partial charge in [-0.25, -0.2) is 0 Å². The number of hydrogen-bond donors (Lipinski definition) is 0. The standard InChI is InChI=1S/C18H15ClO2/c1-10-11(2)21-12(3)17(10)18(20)15-8-9-16(19)14-7-5-4-6-13(14)15/h4-9H,1-3H3. The van der Waals surface area contributed by atoms with E-state index in [-0.39, 0.29) is 5.78 Å². The molecule has 0 unspecified atom stereocenters. The van der Waals surface area contributed by atoms with Gasteiger partial charge in [-0.2, -0.15) is 0 Å². The van der Waals surface area contributed by atoms with E-state index in [1.807, 2.05) is 45.0 Å². The predicted molar refractivity (Wildman–Crippen MR) is 85.3 cm³/mol. The first-order chi connectivity index (χ1) is 10.0. The fourth-order valence-electron chi connectivity index (χ4n) is 2.72. The molecule has 0 radical (unpaired) electrons. The minimum atomic E-state index is -0.0188. The molecule has 0 aliphatic rings. The van der Waals surface area contributed by atoms with Gasteiger partial charge < -0.3 is 4.42 Å². The quantitative estimate of drug-likeness (QED) is 0.605. The molecule has 0 amide bonds. The Kier molecular flexibility index (Phi) is 3.34. The third kappa shape index (κ3) is 2.16. The molecule has 0 fully saturated rings. The van der Waals surface area contributed by atoms with E-state index in [1.165, 1.54) is 0 Å². The Morgan fingerprint density at radius 3 is 2.24 bits per heavy atom. The van der Waals surface area contributed by atoms with Gasteiger partial charge in [-0.3, -0.25) is 4.79 Å². The molecule has 0 bridgehead atoms. The molecule has 0 saturated carbocycles. The molecule has 1 heterocycles. The van der Waals surface area contributed by atoms with Gasteiger partial charge in [0, 0.05) is 21.5 Å². The molecule has 0 spiro atoms. The van der Waals surface area contributed by atoms with Crippen LogP contribution in [-0.4, -0.2) is 5.78 Å². The lowest BCUT2D eigenvalue weighted by Gasteiger charge is -2.07. The van der Waals surface area contributed by atoms with Crippen LogP contribution >= 0.6 is 11.6 Å². The van der Waals surface area contributed by atoms with Crippen molar-refractivity contribution >= 4 is 28.2 Å². The van der Waals surface area contributed by atoms with Gasteiger partial charge in [-0.1, -0.05) is 35.9 Å². The average Bonchev–Trinajstić information content (AvgIpc) is 2.72. The Balaban J connectivity index is 2.26. The zero-order valence-corrected chi connectivity index (χ0v) is 12.9. The highest BCUT2D eigenvalue weighted by molar-refractivity contribution is 6.36. The van der Waals surface area contributed by atoms with Crippen molar-refractivity contribution in [1.29, 1.82) is 0 Å². The van der Waals surface area contributed by atoms with E-state index in [9.17, 15) is 4.79 Å². The van der Waals surface area contributed by atoms with E-state index in [0.717, 1.165) is 22.1 Å². The number of benzene rings is 2. The normalized spacial score (nSPS) is 11.0. The van der Waals surface area contributed by atoms with Gasteiger partial charge in [0.25, 0.3) is 0 Å². The summed E-state index contributed by atoms with van der Waals surface area (Å²) in [5.74, 6) is 1.43. The third-order valence-electron chi connectivity index (χ3n) is 3.90. The Labute approximate surface area is 128 Å². The van der Waals surface area contributed by atoms with E-state index in [0.29, 0.717) is 21.9 Å². The Morgan fingerprint density at radius 2 is 1.62 bits per heavy atom. The van der Waals surface area contributed by atoms with E-state index >= 15 is 0 Å². The van der Waals surface area contributed by atoms with Crippen LogP contribution in [-0.2, 0) is 0 Å². The van der Waals surface area contributed by atoms with Crippen LogP contribution in [0.4, 0.5) is 0 Å². The van der Waals surface area contributed by atoms with Gasteiger partial charge >= 0.3 is 0 Å². The van der Waals surface area contributed by atoms with Crippen molar-refractivity contribution in [3.8, 4) is 0 Å². The summed E-state index contributed by atoms with van der Waals surface area (Å²) in [5.41, 5.74) is 2.21. The zero-order valence-electron chi connectivity index (χ0n) is 12.2. The van der Waals surface area contributed by atoms with Gasteiger partial charge in [0.2, 0.25) is 0 Å². The monoisotopic (exact) mass is 298 g/mol. The number of furan rings is 1. The molecule has 0 aliphatic heterocycles. The number of carbonyl (C=O) groups excluding carboxylic acids is 1. The molecule has 0 aliphatic carbocycles. The van der Waals surface area contributed by atoms with E-state index in [1.54, 1.807) is 12.1 Å². The van der Waals surface area contributed by atoms with Gasteiger partial charge in [0.15, 0.2) is 5.78 Å². The highest BCUT2D eigenvalue weighted by Crippen LogP contribution is 2.30. The van der Waals surface area contributed by atoms with Crippen LogP contribution in [0, 0.1) is 20.8 Å². The maximum absolute atomic E-state index is 12.9. The highest BCUT2D eigenvalue weighted by Gasteiger charge is 2.21. The number of hydrogen-bond acceptors (Lipinski definition) is 2. The van der Waals surface area contributed by atoms with E-state index in [2.05, 4.69) is 0 Å². The fourth-order valence-corrected chi connectivity index (χ4v) is 2.95. The zero-order chi connectivity index (χ0) is 15.1. The molecule has 0 saturated heterocycles. The summed E-state index contributed by atoms with van der Waals surface area (Å²) < 4.78 is 5.58. The second-order valence-electron chi connectivity index (χ2n) is 5.18. The van der Waals surface area contributed by atoms with E-state index < -0.39 is 0 Å². The molecule has 1 aromatic heterocycles. The first kappa shape index (κ1) is 13.9. The third-order valence-corrected chi connectivity index (χ3v) is 4.23. The van der Waals surface area contributed by atoms with Crippen molar-refractivity contribution in [3.05, 3.63) is 69.6 Å². The van der Waals surface area contributed by atoms with Gasteiger partial charge in [0.05, 0.1) is 5.56 Å². The summed E-state index contributed by atoms with van der Waals surface area (Å²) in [6.45, 7) is 5.61. The number of fused-ring (bicyclic) bond motifs is 1. The summed E-state index contributed by atoms with van der Waals surface area (Å²) in [6, 6.07) is 11.2. The van der Waals surface area contributed by atoms with Crippen LogP contribution < -0.4 is 0 Å². The number of ketones is 1. The number of carbonyl (C=O) groups is 1. The van der Waals surface area contributed by atoms with Crippen LogP contribution in [0.3, 0.4) is 0 Å². The lowest BCUT2D eigenvalue weighted by molar-refractivity contribution is 0.103. The summed E-state index contributed by atoms with van der Waals surface area (Å²) in [7, 11) is 0. The lowest BCUT2D eigenvalue weighted by atomic mass is 9.95. The van der Waals surface area contributed by atoms with Gasteiger partial charge in [-0.15, -0.1) is 0 Å². The summed E-state index contributed by atoms with van der Waals surface area (Å²) in [5, 5.41) is 2.41. The summed E-state index contributed by atoms with van der Waals surface area (Å²) in [6.07, 6.45) is 0. The van der Waals surface area contributed by atoms with Crippen LogP contribution in [0.25, 0.3) is 10.8 Å². The Bertz CT molecular complexity index is 859. The Morgan fingerprint density at radius 1 is 0.952 bits per heavy atom. The minimum absolute atomic E-state index is 0.0188. The molecule has 0 atom stereocenters. The molecule has 21 heavy (non-hydrogen) atoms. The summed E-state index contributed by atoms with van der Waals surface area (Å²) in [4.78, 5) is 12.9. The predicted octanol–water partition coefficient (Wildman–Crippen LogP) is 5.24. The molecule has 106 valence electrons. The lowest BCUT2D eigenvalue weighted by Crippen LogP contribution is -2.04. The summed E-state index contributed by atoms with van der Waals surface area (Å²) >= 11 is 6.22. The van der Waals surface area contributed by atoms with Crippen molar-refractivity contribution in [2.45, 2.75) is 20.8 Å². The second-order valence-corrected chi connectivity index (χ2v) is 5.59. The van der Waals surface area contributed by atoms with Crippen LogP contribution in [0.1, 0.15) is 33.0 Å². The SMILES string of the molecule is Cc1oc(C)c(C(=O)c2ccc(Cl)c3ccccc23)c1C. The minimum Gasteiger partial charge on any atom is -0.466 e. The first-order valence-electron chi connectivity index (χ1n) is 6.79. The van der Waals surface area contributed by atoms with Crippen molar-refractivity contribution < 1.29 is 9.21 Å². The molecule has 3 aromatic rings. The molecule has 2 nitrogen and oxygen atoms in total. The smallest absolute Gasteiger partial charge is 0.197 e. The van der Waals surface area contributed by atoms with Crippen molar-refractivity contribution in [3.63, 3.8) is 0 Å². The van der Waals surface area contributed by atoms with Crippen molar-refractivity contribution in [2.75, 3.05) is 0 Å². The largest absolute Gasteiger partial charge is 0.466 e. The highest BCUT2D eigenvalue weighted by atomic mass is 35.5. The Hall–Kier alpha value is -2.06. The maximum Gasteiger partial charge on any atom is 0.197 e. The average molecular weight is 299 g/mol. The van der Waals surface area contributed by atoms with Crippen LogP contribution in [0.2, 0.25) is 5.02 Å². The molecule has 0 N–H and O–H groups in total. The van der Waals surface area contributed by atoms with Crippen molar-refractivity contribution in [2.24, 2.45) is 0 Å². The number of aryl methyl sites for hydroxylation is 2. The maximum atomic E-state index is 12.9. The molecule has 3 heteroatoms. The molecule has 2 aromatic carbocycles. The molecular formula is C18H15ClO2.